The molecule has 0 aliphatic heterocycles. The van der Waals surface area contributed by atoms with Crippen LogP contribution in [0.25, 0.3) is 10.9 Å². The summed E-state index contributed by atoms with van der Waals surface area (Å²) in [7, 11) is 0. The molecule has 0 spiro atoms. The number of ether oxygens (including phenoxy) is 2. The third-order valence-electron chi connectivity index (χ3n) is 6.96. The van der Waals surface area contributed by atoms with E-state index in [0.29, 0.717) is 59.4 Å². The molecule has 1 heterocycles. The van der Waals surface area contributed by atoms with Crippen LogP contribution in [0, 0.1) is 0 Å². The zero-order valence-corrected chi connectivity index (χ0v) is 28.4. The Morgan fingerprint density at radius 3 is 2.54 bits per heavy atom. The summed E-state index contributed by atoms with van der Waals surface area (Å²) in [5.41, 5.74) is 1.97. The molecule has 0 saturated heterocycles. The van der Waals surface area contributed by atoms with Crippen LogP contribution in [0.3, 0.4) is 0 Å². The van der Waals surface area contributed by atoms with Gasteiger partial charge in [0.2, 0.25) is 0 Å². The molecule has 1 aromatic heterocycles. The first kappa shape index (κ1) is 30.5. The Balaban J connectivity index is 1.54. The molecule has 0 atom stereocenters. The van der Waals surface area contributed by atoms with Gasteiger partial charge in [-0.2, -0.15) is 9.78 Å². The Morgan fingerprint density at radius 1 is 1.02 bits per heavy atom. The predicted octanol–water partition coefficient (Wildman–Crippen LogP) is 9.90. The first-order chi connectivity index (χ1) is 19.8. The van der Waals surface area contributed by atoms with E-state index >= 15 is 0 Å². The molecular weight excluding hydrogens is 761 g/mol. The van der Waals surface area contributed by atoms with Gasteiger partial charge in [0, 0.05) is 36.0 Å². The normalized spacial score (nSPS) is 14.2. The van der Waals surface area contributed by atoms with Gasteiger partial charge in [-0.3, -0.25) is 4.79 Å². The highest BCUT2D eigenvalue weighted by atomic mass is 79.9. The van der Waals surface area contributed by atoms with Gasteiger partial charge in [0.25, 0.3) is 5.56 Å². The molecule has 1 fully saturated rings. The minimum atomic E-state index is -0.201. The van der Waals surface area contributed by atoms with Gasteiger partial charge in [-0.05, 0) is 88.0 Å². The first-order valence-corrected chi connectivity index (χ1v) is 16.4. The van der Waals surface area contributed by atoms with Crippen molar-refractivity contribution in [1.82, 2.24) is 9.66 Å². The van der Waals surface area contributed by atoms with E-state index in [1.165, 1.54) is 11.1 Å². The lowest BCUT2D eigenvalue weighted by molar-refractivity contribution is 0.267. The third-order valence-corrected chi connectivity index (χ3v) is 10.2. The van der Waals surface area contributed by atoms with Crippen LogP contribution in [0.1, 0.15) is 61.9 Å². The second-order valence-corrected chi connectivity index (χ2v) is 13.1. The van der Waals surface area contributed by atoms with Gasteiger partial charge in [-0.25, -0.2) is 4.98 Å². The monoisotopic (exact) mass is 783 g/mol. The second-order valence-electron chi connectivity index (χ2n) is 9.71. The van der Waals surface area contributed by atoms with E-state index in [2.05, 4.69) is 47.8 Å². The van der Waals surface area contributed by atoms with Gasteiger partial charge in [-0.1, -0.05) is 64.5 Å². The number of halogens is 5. The van der Waals surface area contributed by atoms with Crippen molar-refractivity contribution in [3.63, 3.8) is 0 Å². The Kier molecular flexibility index (Phi) is 10.1. The van der Waals surface area contributed by atoms with E-state index in [-0.39, 0.29) is 18.1 Å². The zero-order chi connectivity index (χ0) is 29.1. The van der Waals surface area contributed by atoms with Crippen LogP contribution >= 0.6 is 71.0 Å². The maximum absolute atomic E-state index is 13.7. The van der Waals surface area contributed by atoms with E-state index in [1.54, 1.807) is 24.4 Å². The molecule has 41 heavy (non-hydrogen) atoms. The Bertz CT molecular complexity index is 1690. The van der Waals surface area contributed by atoms with Crippen molar-refractivity contribution in [2.75, 3.05) is 6.61 Å². The molecular formula is C30H26Br3Cl2N3O3. The van der Waals surface area contributed by atoms with Gasteiger partial charge < -0.3 is 9.47 Å². The van der Waals surface area contributed by atoms with Gasteiger partial charge in [-0.15, -0.1) is 0 Å². The molecule has 6 nitrogen and oxygen atoms in total. The van der Waals surface area contributed by atoms with Crippen LogP contribution in [0.2, 0.25) is 10.0 Å². The molecule has 0 amide bonds. The zero-order valence-electron chi connectivity index (χ0n) is 22.1. The lowest BCUT2D eigenvalue weighted by atomic mass is 9.88. The molecule has 0 unspecified atom stereocenters. The van der Waals surface area contributed by atoms with Crippen molar-refractivity contribution in [1.29, 1.82) is 0 Å². The van der Waals surface area contributed by atoms with Crippen LogP contribution < -0.4 is 15.0 Å². The first-order valence-electron chi connectivity index (χ1n) is 13.2. The van der Waals surface area contributed by atoms with Gasteiger partial charge >= 0.3 is 0 Å². The van der Waals surface area contributed by atoms with E-state index < -0.39 is 0 Å². The maximum Gasteiger partial charge on any atom is 0.282 e. The molecule has 0 radical (unpaired) electrons. The van der Waals surface area contributed by atoms with Crippen LogP contribution in [0.15, 0.2) is 65.8 Å². The summed E-state index contributed by atoms with van der Waals surface area (Å²) in [5.74, 6) is 1.90. The molecule has 214 valence electrons. The summed E-state index contributed by atoms with van der Waals surface area (Å²) in [4.78, 5) is 18.6. The Morgan fingerprint density at radius 2 is 1.80 bits per heavy atom. The predicted molar refractivity (Wildman–Crippen MR) is 176 cm³/mol. The second kappa shape index (κ2) is 13.6. The highest BCUT2D eigenvalue weighted by Crippen LogP contribution is 2.43. The number of benzene rings is 3. The summed E-state index contributed by atoms with van der Waals surface area (Å²) in [5, 5.41) is 6.29. The quantitative estimate of drug-likeness (QED) is 0.167. The number of fused-ring (bicyclic) bond motifs is 1. The van der Waals surface area contributed by atoms with Crippen molar-refractivity contribution in [2.24, 2.45) is 5.10 Å². The number of rotatable bonds is 8. The molecule has 3 aromatic carbocycles. The standard InChI is InChI=1S/C30H26Br3Cl2N3O3/c1-2-40-25-12-19(26(32)27(33)28(25)41-16-18-8-10-21(34)14-23(18)35)15-36-38-29(17-6-4-3-5-7-17)37-24-11-9-20(31)13-22(24)30(38)39/h8-15,17H,2-7,16H2,1H3. The molecule has 0 bridgehead atoms. The van der Waals surface area contributed by atoms with Crippen molar-refractivity contribution in [3.05, 3.63) is 93.2 Å². The summed E-state index contributed by atoms with van der Waals surface area (Å²) in [6.45, 7) is 2.54. The van der Waals surface area contributed by atoms with E-state index in [1.807, 2.05) is 31.2 Å². The Hall–Kier alpha value is -1.91. The smallest absolute Gasteiger partial charge is 0.282 e. The summed E-state index contributed by atoms with van der Waals surface area (Å²) in [6.07, 6.45) is 7.04. The van der Waals surface area contributed by atoms with E-state index in [9.17, 15) is 4.79 Å². The topological polar surface area (TPSA) is 65.7 Å². The largest absolute Gasteiger partial charge is 0.490 e. The van der Waals surface area contributed by atoms with Crippen molar-refractivity contribution < 1.29 is 9.47 Å². The average Bonchev–Trinajstić information content (AvgIpc) is 2.96. The molecule has 5 rings (SSSR count). The third kappa shape index (κ3) is 6.85. The number of hydrogen-bond acceptors (Lipinski definition) is 5. The van der Waals surface area contributed by atoms with Crippen molar-refractivity contribution >= 4 is 88.1 Å². The molecule has 11 heteroatoms. The summed E-state index contributed by atoms with van der Waals surface area (Å²) in [6, 6.07) is 12.7. The number of hydrogen-bond donors (Lipinski definition) is 0. The minimum Gasteiger partial charge on any atom is -0.490 e. The molecule has 4 aromatic rings. The van der Waals surface area contributed by atoms with Crippen LogP contribution in [0.5, 0.6) is 11.5 Å². The highest BCUT2D eigenvalue weighted by Gasteiger charge is 2.23. The van der Waals surface area contributed by atoms with Crippen LogP contribution in [0.4, 0.5) is 0 Å². The van der Waals surface area contributed by atoms with Crippen molar-refractivity contribution in [3.8, 4) is 11.5 Å². The van der Waals surface area contributed by atoms with E-state index in [4.69, 9.17) is 42.8 Å². The van der Waals surface area contributed by atoms with Crippen molar-refractivity contribution in [2.45, 2.75) is 51.6 Å². The molecule has 1 aliphatic rings. The number of aromatic nitrogens is 2. The fourth-order valence-electron chi connectivity index (χ4n) is 4.91. The highest BCUT2D eigenvalue weighted by molar-refractivity contribution is 9.13. The maximum atomic E-state index is 13.7. The summed E-state index contributed by atoms with van der Waals surface area (Å²) < 4.78 is 15.7. The lowest BCUT2D eigenvalue weighted by Gasteiger charge is -2.23. The summed E-state index contributed by atoms with van der Waals surface area (Å²) >= 11 is 23.2. The molecule has 1 saturated carbocycles. The minimum absolute atomic E-state index is 0.172. The SMILES string of the molecule is CCOc1cc(C=Nn2c(C3CCCCC3)nc3ccc(Br)cc3c2=O)c(Br)c(Br)c1OCc1ccc(Cl)cc1Cl. The van der Waals surface area contributed by atoms with E-state index in [0.717, 1.165) is 35.7 Å². The molecule has 0 N–H and O–H groups in total. The van der Waals surface area contributed by atoms with Gasteiger partial charge in [0.15, 0.2) is 11.5 Å². The Labute approximate surface area is 273 Å². The van der Waals surface area contributed by atoms with Gasteiger partial charge in [0.1, 0.15) is 12.4 Å². The van der Waals surface area contributed by atoms with Crippen LogP contribution in [-0.2, 0) is 6.61 Å². The lowest BCUT2D eigenvalue weighted by Crippen LogP contribution is -2.25. The fraction of sp³-hybridized carbons (Fsp3) is 0.300. The van der Waals surface area contributed by atoms with Gasteiger partial charge in [0.05, 0.1) is 28.2 Å². The molecule has 1 aliphatic carbocycles. The van der Waals surface area contributed by atoms with Crippen LogP contribution in [-0.4, -0.2) is 22.5 Å². The fourth-order valence-corrected chi connectivity index (χ4v) is 6.67. The number of nitrogens with zero attached hydrogens (tertiary/aromatic N) is 3. The average molecular weight is 787 g/mol.